The molecule has 0 aliphatic rings. The maximum Gasteiger partial charge on any atom is 0.246 e. The summed E-state index contributed by atoms with van der Waals surface area (Å²) in [5.74, 6) is 0.974. The molecule has 0 saturated carbocycles. The fourth-order valence-corrected chi connectivity index (χ4v) is 2.12. The van der Waals surface area contributed by atoms with Crippen molar-refractivity contribution in [2.75, 3.05) is 13.2 Å². The molecule has 3 rings (SSSR count). The van der Waals surface area contributed by atoms with Crippen LogP contribution in [0.3, 0.4) is 0 Å². The number of carbonyl (C=O) groups excluding carboxylic acids is 1. The third-order valence-corrected chi connectivity index (χ3v) is 3.28. The minimum atomic E-state index is -0.157. The van der Waals surface area contributed by atoms with Crippen LogP contribution in [-0.2, 0) is 22.7 Å². The molecule has 0 fully saturated rings. The second-order valence-corrected chi connectivity index (χ2v) is 5.16. The number of nitrogens with one attached hydrogen (secondary N) is 1. The topological polar surface area (TPSA) is 95.3 Å². The van der Waals surface area contributed by atoms with E-state index in [0.717, 1.165) is 13.0 Å². The molecule has 0 bridgehead atoms. The van der Waals surface area contributed by atoms with E-state index in [-0.39, 0.29) is 19.1 Å². The summed E-state index contributed by atoms with van der Waals surface area (Å²) in [6, 6.07) is 5.27. The fourth-order valence-electron chi connectivity index (χ4n) is 2.12. The number of imidazole rings is 1. The van der Waals surface area contributed by atoms with E-state index in [0.29, 0.717) is 23.8 Å². The molecule has 0 spiro atoms. The van der Waals surface area contributed by atoms with Crippen molar-refractivity contribution in [2.45, 2.75) is 19.6 Å². The molecule has 0 aromatic carbocycles. The van der Waals surface area contributed by atoms with E-state index >= 15 is 0 Å². The second kappa shape index (κ2) is 8.11. The van der Waals surface area contributed by atoms with Gasteiger partial charge in [0, 0.05) is 31.5 Å². The molecule has 0 aliphatic heterocycles. The van der Waals surface area contributed by atoms with E-state index in [2.05, 4.69) is 15.5 Å². The molecule has 3 heterocycles. The van der Waals surface area contributed by atoms with E-state index in [4.69, 9.17) is 13.7 Å². The van der Waals surface area contributed by atoms with Crippen molar-refractivity contribution < 1.29 is 18.5 Å². The van der Waals surface area contributed by atoms with Crippen molar-refractivity contribution in [1.82, 2.24) is 20.0 Å². The number of hydrogen-bond acceptors (Lipinski definition) is 6. The van der Waals surface area contributed by atoms with Crippen LogP contribution in [0.1, 0.15) is 12.1 Å². The van der Waals surface area contributed by atoms with Gasteiger partial charge in [0.25, 0.3) is 0 Å². The summed E-state index contributed by atoms with van der Waals surface area (Å²) in [6.45, 7) is 1.59. The minimum absolute atomic E-state index is 0.0198. The summed E-state index contributed by atoms with van der Waals surface area (Å²) in [6.07, 6.45) is 7.76. The molecule has 0 atom stereocenters. The number of amides is 1. The second-order valence-electron chi connectivity index (χ2n) is 5.16. The number of hydrogen-bond donors (Lipinski definition) is 1. The van der Waals surface area contributed by atoms with Gasteiger partial charge in [-0.05, 0) is 18.6 Å². The predicted molar refractivity (Wildman–Crippen MR) is 83.7 cm³/mol. The average Bonchev–Trinajstić information content (AvgIpc) is 3.32. The molecular formula is C16H18N4O4. The third-order valence-electron chi connectivity index (χ3n) is 3.28. The van der Waals surface area contributed by atoms with E-state index < -0.39 is 0 Å². The SMILES string of the molecule is O=C(COCc1cc(-c2ccco2)on1)NCCCn1ccnc1. The Kier molecular flexibility index (Phi) is 5.41. The van der Waals surface area contributed by atoms with Gasteiger partial charge < -0.3 is 23.6 Å². The van der Waals surface area contributed by atoms with E-state index in [1.54, 1.807) is 37.0 Å². The predicted octanol–water partition coefficient (Wildman–Crippen LogP) is 1.85. The van der Waals surface area contributed by atoms with Gasteiger partial charge in [0.15, 0.2) is 5.76 Å². The Bertz CT molecular complexity index is 734. The van der Waals surface area contributed by atoms with Crippen LogP contribution in [0.4, 0.5) is 0 Å². The number of ether oxygens (including phenoxy) is 1. The lowest BCUT2D eigenvalue weighted by Crippen LogP contribution is -2.29. The summed E-state index contributed by atoms with van der Waals surface area (Å²) >= 11 is 0. The Morgan fingerprint density at radius 1 is 1.38 bits per heavy atom. The minimum Gasteiger partial charge on any atom is -0.461 e. The highest BCUT2D eigenvalue weighted by atomic mass is 16.5. The monoisotopic (exact) mass is 330 g/mol. The molecule has 8 nitrogen and oxygen atoms in total. The Labute approximate surface area is 138 Å². The van der Waals surface area contributed by atoms with Crippen molar-refractivity contribution in [1.29, 1.82) is 0 Å². The first-order valence-electron chi connectivity index (χ1n) is 7.61. The molecule has 126 valence electrons. The molecule has 1 amide bonds. The summed E-state index contributed by atoms with van der Waals surface area (Å²) in [7, 11) is 0. The van der Waals surface area contributed by atoms with Crippen molar-refractivity contribution in [3.63, 3.8) is 0 Å². The van der Waals surface area contributed by atoms with Crippen molar-refractivity contribution in [3.8, 4) is 11.5 Å². The Morgan fingerprint density at radius 2 is 2.33 bits per heavy atom. The molecular weight excluding hydrogens is 312 g/mol. The van der Waals surface area contributed by atoms with Crippen molar-refractivity contribution >= 4 is 5.91 Å². The quantitative estimate of drug-likeness (QED) is 0.602. The van der Waals surface area contributed by atoms with Crippen LogP contribution < -0.4 is 5.32 Å². The third kappa shape index (κ3) is 4.56. The Hall–Kier alpha value is -2.87. The first kappa shape index (κ1) is 16.0. The van der Waals surface area contributed by atoms with Gasteiger partial charge in [-0.25, -0.2) is 4.98 Å². The normalized spacial score (nSPS) is 10.8. The fraction of sp³-hybridized carbons (Fsp3) is 0.312. The highest BCUT2D eigenvalue weighted by Gasteiger charge is 2.09. The van der Waals surface area contributed by atoms with Crippen LogP contribution in [0.2, 0.25) is 0 Å². The summed E-state index contributed by atoms with van der Waals surface area (Å²) in [4.78, 5) is 15.6. The van der Waals surface area contributed by atoms with Crippen LogP contribution in [-0.4, -0.2) is 33.8 Å². The molecule has 1 N–H and O–H groups in total. The van der Waals surface area contributed by atoms with Gasteiger partial charge >= 0.3 is 0 Å². The number of rotatable bonds is 9. The van der Waals surface area contributed by atoms with Gasteiger partial charge in [0.1, 0.15) is 12.3 Å². The largest absolute Gasteiger partial charge is 0.461 e. The first-order valence-corrected chi connectivity index (χ1v) is 7.61. The summed E-state index contributed by atoms with van der Waals surface area (Å²) in [5.41, 5.74) is 0.606. The lowest BCUT2D eigenvalue weighted by Gasteiger charge is -2.05. The summed E-state index contributed by atoms with van der Waals surface area (Å²) < 4.78 is 17.7. The highest BCUT2D eigenvalue weighted by molar-refractivity contribution is 5.77. The first-order chi connectivity index (χ1) is 11.8. The zero-order chi connectivity index (χ0) is 16.6. The van der Waals surface area contributed by atoms with E-state index in [9.17, 15) is 4.79 Å². The van der Waals surface area contributed by atoms with Crippen LogP contribution in [0, 0.1) is 0 Å². The molecule has 3 aromatic rings. The van der Waals surface area contributed by atoms with Crippen LogP contribution in [0.15, 0.2) is 52.1 Å². The van der Waals surface area contributed by atoms with Gasteiger partial charge in [0.2, 0.25) is 11.7 Å². The van der Waals surface area contributed by atoms with Crippen molar-refractivity contribution in [3.05, 3.63) is 48.9 Å². The maximum absolute atomic E-state index is 11.7. The zero-order valence-electron chi connectivity index (χ0n) is 13.1. The molecule has 3 aromatic heterocycles. The number of nitrogens with zero attached hydrogens (tertiary/aromatic N) is 3. The standard InChI is InChI=1S/C16H18N4O4/c21-16(18-4-2-6-20-7-5-17-12-20)11-22-10-13-9-15(24-19-13)14-3-1-8-23-14/h1,3,5,7-9,12H,2,4,6,10-11H2,(H,18,21). The van der Waals surface area contributed by atoms with Gasteiger partial charge in [-0.15, -0.1) is 0 Å². The number of furan rings is 1. The lowest BCUT2D eigenvalue weighted by molar-refractivity contribution is -0.126. The maximum atomic E-state index is 11.7. The van der Waals surface area contributed by atoms with Crippen LogP contribution in [0.25, 0.3) is 11.5 Å². The lowest BCUT2D eigenvalue weighted by atomic mass is 10.3. The van der Waals surface area contributed by atoms with Gasteiger partial charge in [-0.1, -0.05) is 5.16 Å². The van der Waals surface area contributed by atoms with Crippen LogP contribution >= 0.6 is 0 Å². The van der Waals surface area contributed by atoms with Gasteiger partial charge in [0.05, 0.1) is 19.2 Å². The van der Waals surface area contributed by atoms with Crippen molar-refractivity contribution in [2.24, 2.45) is 0 Å². The molecule has 24 heavy (non-hydrogen) atoms. The van der Waals surface area contributed by atoms with Crippen LogP contribution in [0.5, 0.6) is 0 Å². The number of carbonyl (C=O) groups is 1. The molecule has 0 aliphatic carbocycles. The summed E-state index contributed by atoms with van der Waals surface area (Å²) in [5, 5.41) is 6.67. The molecule has 0 saturated heterocycles. The molecule has 0 unspecified atom stereocenters. The Morgan fingerprint density at radius 3 is 3.12 bits per heavy atom. The smallest absolute Gasteiger partial charge is 0.246 e. The van der Waals surface area contributed by atoms with E-state index in [1.807, 2.05) is 10.8 Å². The highest BCUT2D eigenvalue weighted by Crippen LogP contribution is 2.20. The molecule has 8 heteroatoms. The van der Waals surface area contributed by atoms with Gasteiger partial charge in [-0.3, -0.25) is 4.79 Å². The average molecular weight is 330 g/mol. The Balaban J connectivity index is 1.30. The molecule has 0 radical (unpaired) electrons. The van der Waals surface area contributed by atoms with E-state index in [1.165, 1.54) is 0 Å². The van der Waals surface area contributed by atoms with Gasteiger partial charge in [-0.2, -0.15) is 0 Å². The zero-order valence-corrected chi connectivity index (χ0v) is 13.1. The number of aryl methyl sites for hydroxylation is 1. The number of aromatic nitrogens is 3.